The van der Waals surface area contributed by atoms with Crippen LogP contribution in [0.2, 0.25) is 0 Å². The van der Waals surface area contributed by atoms with Crippen LogP contribution in [0.25, 0.3) is 98.8 Å². The first-order chi connectivity index (χ1) is 22.8. The third-order valence-corrected chi connectivity index (χ3v) is 9.47. The average molecular weight is 587 g/mol. The Labute approximate surface area is 264 Å². The molecule has 0 bridgehead atoms. The van der Waals surface area contributed by atoms with Gasteiger partial charge in [-0.3, -0.25) is 0 Å². The van der Waals surface area contributed by atoms with Gasteiger partial charge >= 0.3 is 0 Å². The van der Waals surface area contributed by atoms with E-state index < -0.39 is 0 Å². The molecule has 0 saturated carbocycles. The third kappa shape index (κ3) is 3.59. The van der Waals surface area contributed by atoms with Gasteiger partial charge in [-0.25, -0.2) is 0 Å². The van der Waals surface area contributed by atoms with Gasteiger partial charge in [0.25, 0.3) is 0 Å². The summed E-state index contributed by atoms with van der Waals surface area (Å²) < 4.78 is 13.3. The van der Waals surface area contributed by atoms with Gasteiger partial charge in [-0.2, -0.15) is 0 Å². The summed E-state index contributed by atoms with van der Waals surface area (Å²) in [6.45, 7) is 0. The molecule has 0 atom stereocenters. The van der Waals surface area contributed by atoms with Gasteiger partial charge in [0.15, 0.2) is 0 Å². The van der Waals surface area contributed by atoms with Crippen molar-refractivity contribution in [3.8, 4) is 33.6 Å². The lowest BCUT2D eigenvalue weighted by atomic mass is 9.84. The second-order valence-corrected chi connectivity index (χ2v) is 12.0. The standard InChI is InChI=1S/C44H26O2/c1-2-13-28(14-3-1)43-42(37-25-22-27-12-4-5-15-30(27)44(37)46-43)41-35-19-8-6-17-33(35)40(34-18-7-9-20-36(34)41)29-23-24-32-31-16-10-11-21-38(31)45-39(32)26-29/h1-26H. The van der Waals surface area contributed by atoms with Crippen LogP contribution in [0.4, 0.5) is 0 Å². The maximum absolute atomic E-state index is 6.93. The molecule has 2 aromatic heterocycles. The van der Waals surface area contributed by atoms with Gasteiger partial charge in [-0.1, -0.05) is 133 Å². The molecule has 0 N–H and O–H groups in total. The molecule has 8 aromatic carbocycles. The highest BCUT2D eigenvalue weighted by molar-refractivity contribution is 6.26. The molecule has 2 heterocycles. The molecule has 0 fully saturated rings. The number of rotatable bonds is 3. The van der Waals surface area contributed by atoms with Crippen LogP contribution >= 0.6 is 0 Å². The Morgan fingerprint density at radius 3 is 1.61 bits per heavy atom. The van der Waals surface area contributed by atoms with Crippen molar-refractivity contribution in [1.29, 1.82) is 0 Å². The quantitative estimate of drug-likeness (QED) is 0.193. The van der Waals surface area contributed by atoms with Gasteiger partial charge in [0, 0.05) is 38.2 Å². The van der Waals surface area contributed by atoms with Crippen LogP contribution in [0.5, 0.6) is 0 Å². The molecule has 0 aliphatic carbocycles. The predicted octanol–water partition coefficient (Wildman–Crippen LogP) is 12.8. The number of benzene rings is 8. The minimum Gasteiger partial charge on any atom is -0.456 e. The molecule has 0 spiro atoms. The van der Waals surface area contributed by atoms with E-state index in [-0.39, 0.29) is 0 Å². The second kappa shape index (κ2) is 9.69. The molecule has 214 valence electrons. The molecule has 2 heteroatoms. The highest BCUT2D eigenvalue weighted by atomic mass is 16.3. The summed E-state index contributed by atoms with van der Waals surface area (Å²) in [5.41, 5.74) is 8.44. The van der Waals surface area contributed by atoms with E-state index in [0.717, 1.165) is 60.7 Å². The van der Waals surface area contributed by atoms with Crippen LogP contribution in [0.1, 0.15) is 0 Å². The van der Waals surface area contributed by atoms with E-state index in [4.69, 9.17) is 8.83 Å². The van der Waals surface area contributed by atoms with Gasteiger partial charge in [-0.05, 0) is 62.3 Å². The summed E-state index contributed by atoms with van der Waals surface area (Å²) in [7, 11) is 0. The van der Waals surface area contributed by atoms with Crippen molar-refractivity contribution in [2.24, 2.45) is 0 Å². The number of hydrogen-bond donors (Lipinski definition) is 0. The Kier molecular flexibility index (Phi) is 5.31. The maximum Gasteiger partial charge on any atom is 0.143 e. The minimum atomic E-state index is 0.888. The van der Waals surface area contributed by atoms with Crippen LogP contribution < -0.4 is 0 Å². The number of fused-ring (bicyclic) bond motifs is 8. The van der Waals surface area contributed by atoms with Gasteiger partial charge in [0.2, 0.25) is 0 Å². The zero-order valence-corrected chi connectivity index (χ0v) is 24.8. The van der Waals surface area contributed by atoms with Gasteiger partial charge in [-0.15, -0.1) is 0 Å². The first kappa shape index (κ1) is 25.2. The summed E-state index contributed by atoms with van der Waals surface area (Å²) in [6, 6.07) is 55.9. The molecule has 0 unspecified atom stereocenters. The summed E-state index contributed by atoms with van der Waals surface area (Å²) >= 11 is 0. The smallest absolute Gasteiger partial charge is 0.143 e. The van der Waals surface area contributed by atoms with Crippen molar-refractivity contribution in [2.45, 2.75) is 0 Å². The minimum absolute atomic E-state index is 0.888. The lowest BCUT2D eigenvalue weighted by Crippen LogP contribution is -1.91. The Hall–Kier alpha value is -6.12. The number of furan rings is 2. The normalized spacial score (nSPS) is 11.9. The van der Waals surface area contributed by atoms with Crippen LogP contribution in [0.3, 0.4) is 0 Å². The van der Waals surface area contributed by atoms with E-state index in [0.29, 0.717) is 0 Å². The molecular weight excluding hydrogens is 560 g/mol. The van der Waals surface area contributed by atoms with Crippen LogP contribution in [-0.4, -0.2) is 0 Å². The fraction of sp³-hybridized carbons (Fsp3) is 0. The maximum atomic E-state index is 6.93. The van der Waals surface area contributed by atoms with Crippen LogP contribution in [0.15, 0.2) is 167 Å². The molecule has 0 aliphatic heterocycles. The van der Waals surface area contributed by atoms with Crippen molar-refractivity contribution >= 4 is 65.2 Å². The predicted molar refractivity (Wildman–Crippen MR) is 192 cm³/mol. The molecule has 0 radical (unpaired) electrons. The van der Waals surface area contributed by atoms with E-state index in [2.05, 4.69) is 146 Å². The van der Waals surface area contributed by atoms with Crippen LogP contribution in [0, 0.1) is 0 Å². The second-order valence-electron chi connectivity index (χ2n) is 12.0. The summed E-state index contributed by atoms with van der Waals surface area (Å²) in [5.74, 6) is 0.888. The first-order valence-electron chi connectivity index (χ1n) is 15.7. The lowest BCUT2D eigenvalue weighted by Gasteiger charge is -2.18. The Morgan fingerprint density at radius 1 is 0.304 bits per heavy atom. The number of hydrogen-bond acceptors (Lipinski definition) is 2. The van der Waals surface area contributed by atoms with E-state index in [1.54, 1.807) is 0 Å². The average Bonchev–Trinajstić information content (AvgIpc) is 3.69. The highest BCUT2D eigenvalue weighted by Crippen LogP contribution is 2.50. The fourth-order valence-electron chi connectivity index (χ4n) is 7.46. The summed E-state index contributed by atoms with van der Waals surface area (Å²) in [4.78, 5) is 0. The van der Waals surface area contributed by atoms with Crippen molar-refractivity contribution in [3.63, 3.8) is 0 Å². The molecular formula is C44H26O2. The van der Waals surface area contributed by atoms with E-state index in [9.17, 15) is 0 Å². The van der Waals surface area contributed by atoms with Crippen molar-refractivity contribution < 1.29 is 8.83 Å². The lowest BCUT2D eigenvalue weighted by molar-refractivity contribution is 0.636. The van der Waals surface area contributed by atoms with Crippen molar-refractivity contribution in [3.05, 3.63) is 158 Å². The molecule has 10 aromatic rings. The molecule has 0 amide bonds. The topological polar surface area (TPSA) is 26.3 Å². The summed E-state index contributed by atoms with van der Waals surface area (Å²) in [6.07, 6.45) is 0. The number of para-hydroxylation sites is 1. The van der Waals surface area contributed by atoms with E-state index in [1.165, 1.54) is 38.1 Å². The van der Waals surface area contributed by atoms with E-state index in [1.807, 2.05) is 12.1 Å². The van der Waals surface area contributed by atoms with Crippen LogP contribution in [-0.2, 0) is 0 Å². The monoisotopic (exact) mass is 586 g/mol. The zero-order valence-electron chi connectivity index (χ0n) is 24.8. The third-order valence-electron chi connectivity index (χ3n) is 9.47. The molecule has 0 saturated heterocycles. The van der Waals surface area contributed by atoms with Gasteiger partial charge < -0.3 is 8.83 Å². The molecule has 10 rings (SSSR count). The zero-order chi connectivity index (χ0) is 30.2. The first-order valence-corrected chi connectivity index (χ1v) is 15.7. The van der Waals surface area contributed by atoms with Gasteiger partial charge in [0.1, 0.15) is 22.5 Å². The van der Waals surface area contributed by atoms with Crippen molar-refractivity contribution in [1.82, 2.24) is 0 Å². The Balaban J connectivity index is 1.35. The highest BCUT2D eigenvalue weighted by Gasteiger charge is 2.25. The Morgan fingerprint density at radius 2 is 0.870 bits per heavy atom. The molecule has 46 heavy (non-hydrogen) atoms. The van der Waals surface area contributed by atoms with E-state index >= 15 is 0 Å². The molecule has 0 aliphatic rings. The summed E-state index contributed by atoms with van der Waals surface area (Å²) in [5, 5.41) is 10.4. The Bertz CT molecular complexity index is 2740. The largest absolute Gasteiger partial charge is 0.456 e. The fourth-order valence-corrected chi connectivity index (χ4v) is 7.46. The van der Waals surface area contributed by atoms with Crippen molar-refractivity contribution in [2.75, 3.05) is 0 Å². The van der Waals surface area contributed by atoms with Gasteiger partial charge in [0.05, 0.1) is 0 Å². The molecule has 2 nitrogen and oxygen atoms in total. The SMILES string of the molecule is c1ccc(-c2oc3c(ccc4ccccc43)c2-c2c3ccccc3c(-c3ccc4c(c3)oc3ccccc34)c3ccccc23)cc1.